The zero-order chi connectivity index (χ0) is 15.5. The second kappa shape index (κ2) is 6.17. The molecular formula is C16H20N4O2. The number of carbonyl (C=O) groups is 1. The molecule has 22 heavy (non-hydrogen) atoms. The van der Waals surface area contributed by atoms with Gasteiger partial charge in [0.15, 0.2) is 5.76 Å². The summed E-state index contributed by atoms with van der Waals surface area (Å²) in [6.07, 6.45) is 3.32. The Hall–Kier alpha value is -2.37. The molecule has 6 heteroatoms. The van der Waals surface area contributed by atoms with Crippen LogP contribution in [-0.2, 0) is 0 Å². The summed E-state index contributed by atoms with van der Waals surface area (Å²) >= 11 is 0. The summed E-state index contributed by atoms with van der Waals surface area (Å²) in [5, 5.41) is 3.44. The van der Waals surface area contributed by atoms with Crippen molar-refractivity contribution in [2.45, 2.75) is 32.7 Å². The first-order valence-electron chi connectivity index (χ1n) is 7.53. The van der Waals surface area contributed by atoms with Gasteiger partial charge in [0.05, 0.1) is 6.26 Å². The van der Waals surface area contributed by atoms with Crippen molar-refractivity contribution in [1.82, 2.24) is 14.9 Å². The SMILES string of the molecule is Cc1cc(NC2CCN(C(=O)c3ccco3)CC2)nc(C)n1. The Balaban J connectivity index is 1.56. The maximum absolute atomic E-state index is 12.2. The van der Waals surface area contributed by atoms with E-state index >= 15 is 0 Å². The number of piperidine rings is 1. The molecule has 1 aliphatic rings. The third kappa shape index (κ3) is 3.27. The summed E-state index contributed by atoms with van der Waals surface area (Å²) in [5.74, 6) is 2.01. The molecule has 0 bridgehead atoms. The summed E-state index contributed by atoms with van der Waals surface area (Å²) < 4.78 is 5.17. The van der Waals surface area contributed by atoms with Gasteiger partial charge in [-0.2, -0.15) is 0 Å². The van der Waals surface area contributed by atoms with E-state index in [1.807, 2.05) is 24.8 Å². The lowest BCUT2D eigenvalue weighted by Gasteiger charge is -2.32. The summed E-state index contributed by atoms with van der Waals surface area (Å²) in [4.78, 5) is 22.7. The Bertz CT molecular complexity index is 626. The highest BCUT2D eigenvalue weighted by Crippen LogP contribution is 2.18. The van der Waals surface area contributed by atoms with Crippen LogP contribution in [0.1, 0.15) is 34.9 Å². The van der Waals surface area contributed by atoms with Gasteiger partial charge in [-0.05, 0) is 38.8 Å². The van der Waals surface area contributed by atoms with Crippen molar-refractivity contribution in [3.63, 3.8) is 0 Å². The molecule has 1 N–H and O–H groups in total. The Morgan fingerprint density at radius 2 is 2.09 bits per heavy atom. The molecule has 0 spiro atoms. The number of carbonyl (C=O) groups excluding carboxylic acids is 1. The predicted molar refractivity (Wildman–Crippen MR) is 82.8 cm³/mol. The number of nitrogens with one attached hydrogen (secondary N) is 1. The maximum atomic E-state index is 12.2. The molecule has 1 saturated heterocycles. The molecule has 0 saturated carbocycles. The lowest BCUT2D eigenvalue weighted by Crippen LogP contribution is -2.42. The van der Waals surface area contributed by atoms with Crippen LogP contribution < -0.4 is 5.32 Å². The van der Waals surface area contributed by atoms with E-state index in [1.54, 1.807) is 12.1 Å². The van der Waals surface area contributed by atoms with Crippen LogP contribution in [0, 0.1) is 13.8 Å². The third-order valence-electron chi connectivity index (χ3n) is 3.83. The molecule has 0 aromatic carbocycles. The van der Waals surface area contributed by atoms with Gasteiger partial charge in [-0.25, -0.2) is 9.97 Å². The molecule has 2 aromatic heterocycles. The van der Waals surface area contributed by atoms with Crippen LogP contribution in [0.25, 0.3) is 0 Å². The quantitative estimate of drug-likeness (QED) is 0.942. The second-order valence-electron chi connectivity index (χ2n) is 5.63. The molecule has 116 valence electrons. The van der Waals surface area contributed by atoms with Gasteiger partial charge in [0.1, 0.15) is 11.6 Å². The van der Waals surface area contributed by atoms with Gasteiger partial charge in [0, 0.05) is 30.9 Å². The summed E-state index contributed by atoms with van der Waals surface area (Å²) in [6, 6.07) is 5.72. The summed E-state index contributed by atoms with van der Waals surface area (Å²) in [5.41, 5.74) is 0.959. The van der Waals surface area contributed by atoms with Gasteiger partial charge in [-0.15, -0.1) is 0 Å². The van der Waals surface area contributed by atoms with E-state index in [9.17, 15) is 4.79 Å². The Kier molecular flexibility index (Phi) is 4.09. The van der Waals surface area contributed by atoms with Gasteiger partial charge in [0.2, 0.25) is 0 Å². The number of nitrogens with zero attached hydrogens (tertiary/aromatic N) is 3. The first kappa shape index (κ1) is 14.6. The Morgan fingerprint density at radius 3 is 2.73 bits per heavy atom. The fourth-order valence-corrected chi connectivity index (χ4v) is 2.78. The normalized spacial score (nSPS) is 15.8. The Morgan fingerprint density at radius 1 is 1.32 bits per heavy atom. The number of aryl methyl sites for hydroxylation is 2. The number of amides is 1. The minimum Gasteiger partial charge on any atom is -0.459 e. The topological polar surface area (TPSA) is 71.3 Å². The molecule has 3 rings (SSSR count). The molecule has 0 aliphatic carbocycles. The van der Waals surface area contributed by atoms with E-state index in [4.69, 9.17) is 4.42 Å². The maximum Gasteiger partial charge on any atom is 0.289 e. The first-order valence-corrected chi connectivity index (χ1v) is 7.53. The number of furan rings is 1. The highest BCUT2D eigenvalue weighted by Gasteiger charge is 2.25. The molecule has 1 fully saturated rings. The number of hydrogen-bond donors (Lipinski definition) is 1. The van der Waals surface area contributed by atoms with Crippen molar-refractivity contribution in [1.29, 1.82) is 0 Å². The second-order valence-corrected chi connectivity index (χ2v) is 5.63. The van der Waals surface area contributed by atoms with Gasteiger partial charge >= 0.3 is 0 Å². The van der Waals surface area contributed by atoms with Crippen LogP contribution >= 0.6 is 0 Å². The van der Waals surface area contributed by atoms with Crippen LogP contribution in [0.2, 0.25) is 0 Å². The monoisotopic (exact) mass is 300 g/mol. The van der Waals surface area contributed by atoms with Gasteiger partial charge < -0.3 is 14.6 Å². The standard InChI is InChI=1S/C16H20N4O2/c1-11-10-15(18-12(2)17-11)19-13-5-7-20(8-6-13)16(21)14-4-3-9-22-14/h3-4,9-10,13H,5-8H2,1-2H3,(H,17,18,19). The zero-order valence-electron chi connectivity index (χ0n) is 12.9. The van der Waals surface area contributed by atoms with Gasteiger partial charge in [-0.1, -0.05) is 0 Å². The van der Waals surface area contributed by atoms with Crippen LogP contribution in [-0.4, -0.2) is 39.9 Å². The number of rotatable bonds is 3. The van der Waals surface area contributed by atoms with Gasteiger partial charge in [-0.3, -0.25) is 4.79 Å². The molecule has 3 heterocycles. The molecule has 0 atom stereocenters. The van der Waals surface area contributed by atoms with E-state index < -0.39 is 0 Å². The number of likely N-dealkylation sites (tertiary alicyclic amines) is 1. The number of aromatic nitrogens is 2. The van der Waals surface area contributed by atoms with E-state index in [-0.39, 0.29) is 5.91 Å². The van der Waals surface area contributed by atoms with Crippen LogP contribution in [0.5, 0.6) is 0 Å². The van der Waals surface area contributed by atoms with Crippen molar-refractivity contribution < 1.29 is 9.21 Å². The largest absolute Gasteiger partial charge is 0.459 e. The summed E-state index contributed by atoms with van der Waals surface area (Å²) in [7, 11) is 0. The smallest absolute Gasteiger partial charge is 0.289 e. The zero-order valence-corrected chi connectivity index (χ0v) is 12.9. The van der Waals surface area contributed by atoms with Crippen molar-refractivity contribution in [3.05, 3.63) is 41.7 Å². The number of anilines is 1. The first-order chi connectivity index (χ1) is 10.6. The van der Waals surface area contributed by atoms with Crippen LogP contribution in [0.15, 0.2) is 28.9 Å². The molecule has 0 unspecified atom stereocenters. The third-order valence-corrected chi connectivity index (χ3v) is 3.83. The molecule has 0 radical (unpaired) electrons. The van der Waals surface area contributed by atoms with Crippen LogP contribution in [0.3, 0.4) is 0 Å². The van der Waals surface area contributed by atoms with Crippen LogP contribution in [0.4, 0.5) is 5.82 Å². The minimum absolute atomic E-state index is 0.0304. The Labute approximate surface area is 129 Å². The lowest BCUT2D eigenvalue weighted by molar-refractivity contribution is 0.0686. The molecule has 2 aromatic rings. The fraction of sp³-hybridized carbons (Fsp3) is 0.438. The number of hydrogen-bond acceptors (Lipinski definition) is 5. The molecular weight excluding hydrogens is 280 g/mol. The van der Waals surface area contributed by atoms with E-state index in [0.717, 1.165) is 43.3 Å². The highest BCUT2D eigenvalue weighted by atomic mass is 16.3. The van der Waals surface area contributed by atoms with Crippen molar-refractivity contribution in [3.8, 4) is 0 Å². The molecule has 1 amide bonds. The van der Waals surface area contributed by atoms with Crippen molar-refractivity contribution in [2.75, 3.05) is 18.4 Å². The lowest BCUT2D eigenvalue weighted by atomic mass is 10.0. The van der Waals surface area contributed by atoms with E-state index in [1.165, 1.54) is 6.26 Å². The minimum atomic E-state index is -0.0304. The molecule has 6 nitrogen and oxygen atoms in total. The fourth-order valence-electron chi connectivity index (χ4n) is 2.78. The predicted octanol–water partition coefficient (Wildman–Crippen LogP) is 2.40. The highest BCUT2D eigenvalue weighted by molar-refractivity contribution is 5.91. The van der Waals surface area contributed by atoms with E-state index in [2.05, 4.69) is 15.3 Å². The molecule has 1 aliphatic heterocycles. The van der Waals surface area contributed by atoms with Crippen molar-refractivity contribution in [2.24, 2.45) is 0 Å². The van der Waals surface area contributed by atoms with Gasteiger partial charge in [0.25, 0.3) is 5.91 Å². The average Bonchev–Trinajstić information content (AvgIpc) is 3.00. The van der Waals surface area contributed by atoms with Crippen molar-refractivity contribution >= 4 is 11.7 Å². The average molecular weight is 300 g/mol. The van der Waals surface area contributed by atoms with E-state index in [0.29, 0.717) is 11.8 Å². The summed E-state index contributed by atoms with van der Waals surface area (Å²) in [6.45, 7) is 5.30.